The average molecular weight is 299 g/mol. The first-order chi connectivity index (χ1) is 8.72. The molecule has 0 spiro atoms. The lowest BCUT2D eigenvalue weighted by Crippen LogP contribution is -1.83. The molecule has 0 aliphatic heterocycles. The summed E-state index contributed by atoms with van der Waals surface area (Å²) in [7, 11) is 0. The van der Waals surface area contributed by atoms with Gasteiger partial charge in [-0.15, -0.1) is 0 Å². The Morgan fingerprint density at radius 3 is 2.67 bits per heavy atom. The standard InChI is InChI=1S/C14H7BrN2O/c15-14-5-4-13(18-14)7-12(9-17)11-3-1-2-10(6-11)8-16/h1-7H/b12-7-. The van der Waals surface area contributed by atoms with E-state index in [4.69, 9.17) is 14.9 Å². The van der Waals surface area contributed by atoms with E-state index in [1.54, 1.807) is 42.5 Å². The molecule has 0 fully saturated rings. The molecule has 1 heterocycles. The van der Waals surface area contributed by atoms with Gasteiger partial charge in [-0.3, -0.25) is 0 Å². The highest BCUT2D eigenvalue weighted by molar-refractivity contribution is 9.10. The first-order valence-corrected chi connectivity index (χ1v) is 5.90. The number of hydrogen-bond acceptors (Lipinski definition) is 3. The number of benzene rings is 1. The Bertz CT molecular complexity index is 686. The molecule has 0 bridgehead atoms. The number of hydrogen-bond donors (Lipinski definition) is 0. The lowest BCUT2D eigenvalue weighted by Gasteiger charge is -1.98. The van der Waals surface area contributed by atoms with Crippen LogP contribution in [0.2, 0.25) is 0 Å². The molecule has 0 atom stereocenters. The topological polar surface area (TPSA) is 60.7 Å². The van der Waals surface area contributed by atoms with Gasteiger partial charge in [-0.05, 0) is 51.8 Å². The quantitative estimate of drug-likeness (QED) is 0.788. The zero-order chi connectivity index (χ0) is 13.0. The van der Waals surface area contributed by atoms with Crippen molar-refractivity contribution in [3.8, 4) is 12.1 Å². The van der Waals surface area contributed by atoms with Crippen molar-refractivity contribution in [2.75, 3.05) is 0 Å². The van der Waals surface area contributed by atoms with E-state index in [2.05, 4.69) is 22.0 Å². The fourth-order valence-electron chi connectivity index (χ4n) is 1.48. The monoisotopic (exact) mass is 298 g/mol. The minimum atomic E-state index is 0.453. The van der Waals surface area contributed by atoms with Crippen molar-refractivity contribution in [3.63, 3.8) is 0 Å². The molecule has 0 N–H and O–H groups in total. The van der Waals surface area contributed by atoms with E-state index in [9.17, 15) is 0 Å². The van der Waals surface area contributed by atoms with E-state index in [1.165, 1.54) is 0 Å². The van der Waals surface area contributed by atoms with E-state index in [0.29, 0.717) is 27.1 Å². The van der Waals surface area contributed by atoms with E-state index >= 15 is 0 Å². The summed E-state index contributed by atoms with van der Waals surface area (Å²) in [6.07, 6.45) is 1.64. The first-order valence-electron chi connectivity index (χ1n) is 5.10. The highest BCUT2D eigenvalue weighted by Crippen LogP contribution is 2.21. The van der Waals surface area contributed by atoms with E-state index < -0.39 is 0 Å². The SMILES string of the molecule is N#C/C(=C/c1ccc(Br)o1)c1cccc(C#N)c1. The van der Waals surface area contributed by atoms with Gasteiger partial charge in [0.1, 0.15) is 5.76 Å². The predicted octanol–water partition coefficient (Wildman–Crippen LogP) is 3.98. The van der Waals surface area contributed by atoms with Crippen LogP contribution in [0.4, 0.5) is 0 Å². The van der Waals surface area contributed by atoms with Gasteiger partial charge in [0.05, 0.1) is 23.3 Å². The van der Waals surface area contributed by atoms with Crippen LogP contribution in [-0.2, 0) is 0 Å². The summed E-state index contributed by atoms with van der Waals surface area (Å²) in [4.78, 5) is 0. The maximum Gasteiger partial charge on any atom is 0.169 e. The summed E-state index contributed by atoms with van der Waals surface area (Å²) in [6.45, 7) is 0. The van der Waals surface area contributed by atoms with Crippen LogP contribution in [0.5, 0.6) is 0 Å². The Balaban J connectivity index is 2.43. The van der Waals surface area contributed by atoms with Crippen molar-refractivity contribution in [1.29, 1.82) is 10.5 Å². The van der Waals surface area contributed by atoms with Crippen molar-refractivity contribution < 1.29 is 4.42 Å². The first kappa shape index (κ1) is 12.2. The summed E-state index contributed by atoms with van der Waals surface area (Å²) in [5, 5.41) is 18.0. The third kappa shape index (κ3) is 2.68. The van der Waals surface area contributed by atoms with Crippen molar-refractivity contribution in [1.82, 2.24) is 0 Å². The lowest BCUT2D eigenvalue weighted by atomic mass is 10.0. The molecule has 1 aromatic carbocycles. The zero-order valence-corrected chi connectivity index (χ0v) is 10.8. The average Bonchev–Trinajstić information content (AvgIpc) is 2.81. The number of allylic oxidation sites excluding steroid dienone is 1. The van der Waals surface area contributed by atoms with Gasteiger partial charge < -0.3 is 4.42 Å². The van der Waals surface area contributed by atoms with Crippen LogP contribution in [-0.4, -0.2) is 0 Å². The van der Waals surface area contributed by atoms with E-state index in [0.717, 1.165) is 0 Å². The number of halogens is 1. The van der Waals surface area contributed by atoms with Gasteiger partial charge in [-0.25, -0.2) is 0 Å². The smallest absolute Gasteiger partial charge is 0.169 e. The second-order valence-corrected chi connectivity index (χ2v) is 4.29. The molecule has 0 saturated heterocycles. The Kier molecular flexibility index (Phi) is 3.62. The second kappa shape index (κ2) is 5.35. The summed E-state index contributed by atoms with van der Waals surface area (Å²) in [6, 6.07) is 14.6. The molecule has 0 aliphatic carbocycles. The summed E-state index contributed by atoms with van der Waals surface area (Å²) >= 11 is 3.20. The fraction of sp³-hybridized carbons (Fsp3) is 0. The molecule has 0 aliphatic rings. The number of rotatable bonds is 2. The molecule has 1 aromatic heterocycles. The van der Waals surface area contributed by atoms with E-state index in [1.807, 2.05) is 6.07 Å². The molecule has 86 valence electrons. The molecular weight excluding hydrogens is 292 g/mol. The fourth-order valence-corrected chi connectivity index (χ4v) is 1.80. The molecule has 0 radical (unpaired) electrons. The van der Waals surface area contributed by atoms with Crippen LogP contribution in [0.25, 0.3) is 11.6 Å². The highest BCUT2D eigenvalue weighted by atomic mass is 79.9. The number of nitrogens with zero attached hydrogens (tertiary/aromatic N) is 2. The predicted molar refractivity (Wildman–Crippen MR) is 71.0 cm³/mol. The largest absolute Gasteiger partial charge is 0.450 e. The highest BCUT2D eigenvalue weighted by Gasteiger charge is 2.04. The van der Waals surface area contributed by atoms with Crippen LogP contribution >= 0.6 is 15.9 Å². The van der Waals surface area contributed by atoms with Crippen LogP contribution in [0.15, 0.2) is 45.5 Å². The molecule has 2 aromatic rings. The summed E-state index contributed by atoms with van der Waals surface area (Å²) < 4.78 is 5.93. The molecule has 0 unspecified atom stereocenters. The van der Waals surface area contributed by atoms with Crippen LogP contribution in [0.3, 0.4) is 0 Å². The van der Waals surface area contributed by atoms with Crippen LogP contribution in [0, 0.1) is 22.7 Å². The molecule has 2 rings (SSSR count). The van der Waals surface area contributed by atoms with Gasteiger partial charge >= 0.3 is 0 Å². The minimum Gasteiger partial charge on any atom is -0.450 e. The number of furan rings is 1. The van der Waals surface area contributed by atoms with Gasteiger partial charge in [0.15, 0.2) is 4.67 Å². The summed E-state index contributed by atoms with van der Waals surface area (Å²) in [5.41, 5.74) is 1.67. The van der Waals surface area contributed by atoms with Crippen molar-refractivity contribution in [2.45, 2.75) is 0 Å². The maximum atomic E-state index is 9.16. The molecular formula is C14H7BrN2O. The zero-order valence-electron chi connectivity index (χ0n) is 9.22. The van der Waals surface area contributed by atoms with Gasteiger partial charge in [0.25, 0.3) is 0 Å². The molecule has 3 nitrogen and oxygen atoms in total. The number of nitriles is 2. The van der Waals surface area contributed by atoms with Crippen LogP contribution < -0.4 is 0 Å². The van der Waals surface area contributed by atoms with Crippen molar-refractivity contribution >= 4 is 27.6 Å². The lowest BCUT2D eigenvalue weighted by molar-refractivity contribution is 0.532. The van der Waals surface area contributed by atoms with Crippen molar-refractivity contribution in [2.24, 2.45) is 0 Å². The Labute approximate surface area is 113 Å². The van der Waals surface area contributed by atoms with E-state index in [-0.39, 0.29) is 0 Å². The van der Waals surface area contributed by atoms with Crippen molar-refractivity contribution in [3.05, 3.63) is 58.0 Å². The normalized spacial score (nSPS) is 10.7. The molecule has 4 heteroatoms. The Morgan fingerprint density at radius 2 is 2.06 bits per heavy atom. The Hall–Kier alpha value is -2.30. The third-order valence-corrected chi connectivity index (χ3v) is 2.73. The minimum absolute atomic E-state index is 0.453. The van der Waals surface area contributed by atoms with Gasteiger partial charge in [0, 0.05) is 0 Å². The Morgan fingerprint density at radius 1 is 1.22 bits per heavy atom. The second-order valence-electron chi connectivity index (χ2n) is 3.50. The summed E-state index contributed by atoms with van der Waals surface area (Å²) in [5.74, 6) is 0.584. The van der Waals surface area contributed by atoms with Gasteiger partial charge in [-0.2, -0.15) is 10.5 Å². The van der Waals surface area contributed by atoms with Gasteiger partial charge in [0.2, 0.25) is 0 Å². The van der Waals surface area contributed by atoms with Crippen LogP contribution in [0.1, 0.15) is 16.9 Å². The maximum absolute atomic E-state index is 9.16. The third-order valence-electron chi connectivity index (χ3n) is 2.30. The molecule has 0 amide bonds. The molecule has 18 heavy (non-hydrogen) atoms. The molecule has 0 saturated carbocycles. The van der Waals surface area contributed by atoms with Gasteiger partial charge in [-0.1, -0.05) is 12.1 Å².